The minimum atomic E-state index is -1.44. The van der Waals surface area contributed by atoms with Crippen molar-refractivity contribution >= 4 is 5.97 Å². The Kier molecular flexibility index (Phi) is 3.03. The van der Waals surface area contributed by atoms with E-state index < -0.39 is 11.8 Å². The zero-order valence-electron chi connectivity index (χ0n) is 7.88. The molecule has 0 aromatic carbocycles. The van der Waals surface area contributed by atoms with E-state index in [9.17, 15) is 9.18 Å². The van der Waals surface area contributed by atoms with Crippen LogP contribution in [-0.2, 0) is 4.79 Å². The van der Waals surface area contributed by atoms with Crippen LogP contribution in [0.15, 0.2) is 11.4 Å². The Morgan fingerprint density at radius 3 is 2.62 bits per heavy atom. The topological polar surface area (TPSA) is 40.5 Å². The van der Waals surface area contributed by atoms with Crippen LogP contribution in [-0.4, -0.2) is 35.1 Å². The van der Waals surface area contributed by atoms with Crippen molar-refractivity contribution < 1.29 is 14.3 Å². The molecule has 0 spiro atoms. The number of likely N-dealkylation sites (tertiary alicyclic amines) is 1. The molecule has 0 radical (unpaired) electrons. The molecule has 3 nitrogen and oxygen atoms in total. The highest BCUT2D eigenvalue weighted by atomic mass is 19.1. The van der Waals surface area contributed by atoms with Gasteiger partial charge in [0.25, 0.3) is 0 Å². The van der Waals surface area contributed by atoms with Crippen LogP contribution < -0.4 is 0 Å². The lowest BCUT2D eigenvalue weighted by atomic mass is 10.2. The molecule has 0 aromatic heterocycles. The maximum atomic E-state index is 12.9. The fourth-order valence-corrected chi connectivity index (χ4v) is 1.45. The van der Waals surface area contributed by atoms with Crippen LogP contribution in [0.4, 0.5) is 4.39 Å². The Hall–Kier alpha value is -0.900. The number of carboxylic acids is 1. The lowest BCUT2D eigenvalue weighted by Crippen LogP contribution is -2.27. The number of carbonyl (C=O) groups is 1. The molecule has 0 unspecified atom stereocenters. The van der Waals surface area contributed by atoms with Crippen molar-refractivity contribution in [2.75, 3.05) is 13.1 Å². The van der Waals surface area contributed by atoms with E-state index in [1.54, 1.807) is 0 Å². The molecule has 0 atom stereocenters. The highest BCUT2D eigenvalue weighted by Gasteiger charge is 2.24. The Labute approximate surface area is 76.8 Å². The molecule has 0 aromatic rings. The van der Waals surface area contributed by atoms with Crippen molar-refractivity contribution in [3.63, 3.8) is 0 Å². The second-order valence-corrected chi connectivity index (χ2v) is 3.54. The minimum Gasteiger partial charge on any atom is -0.476 e. The Morgan fingerprint density at radius 2 is 2.23 bits per heavy atom. The van der Waals surface area contributed by atoms with Gasteiger partial charge in [0.15, 0.2) is 0 Å². The van der Waals surface area contributed by atoms with Crippen molar-refractivity contribution in [1.82, 2.24) is 4.90 Å². The van der Waals surface area contributed by atoms with Gasteiger partial charge in [0.05, 0.1) is 0 Å². The van der Waals surface area contributed by atoms with Gasteiger partial charge in [0.1, 0.15) is 0 Å². The van der Waals surface area contributed by atoms with Crippen molar-refractivity contribution in [2.24, 2.45) is 0 Å². The summed E-state index contributed by atoms with van der Waals surface area (Å²) in [5, 5.41) is 8.42. The number of rotatable bonds is 2. The van der Waals surface area contributed by atoms with Crippen molar-refractivity contribution in [2.45, 2.75) is 26.3 Å². The largest absolute Gasteiger partial charge is 0.476 e. The summed E-state index contributed by atoms with van der Waals surface area (Å²) in [6, 6.07) is 0.346. The first kappa shape index (κ1) is 10.2. The summed E-state index contributed by atoms with van der Waals surface area (Å²) in [5.41, 5.74) is 0.418. The maximum Gasteiger partial charge on any atom is 0.364 e. The first-order valence-electron chi connectivity index (χ1n) is 4.37. The summed E-state index contributed by atoms with van der Waals surface area (Å²) < 4.78 is 12.9. The van der Waals surface area contributed by atoms with Gasteiger partial charge in [-0.05, 0) is 25.8 Å². The summed E-state index contributed by atoms with van der Waals surface area (Å²) >= 11 is 0. The molecule has 13 heavy (non-hydrogen) atoms. The van der Waals surface area contributed by atoms with E-state index in [1.165, 1.54) is 0 Å². The second-order valence-electron chi connectivity index (χ2n) is 3.54. The van der Waals surface area contributed by atoms with Crippen LogP contribution in [0.3, 0.4) is 0 Å². The van der Waals surface area contributed by atoms with Crippen LogP contribution in [0, 0.1) is 0 Å². The molecule has 1 aliphatic heterocycles. The molecule has 1 saturated heterocycles. The van der Waals surface area contributed by atoms with Gasteiger partial charge in [-0.2, -0.15) is 4.39 Å². The third kappa shape index (κ3) is 2.28. The van der Waals surface area contributed by atoms with E-state index in [4.69, 9.17) is 5.11 Å². The third-order valence-electron chi connectivity index (χ3n) is 2.32. The van der Waals surface area contributed by atoms with Crippen LogP contribution in [0.5, 0.6) is 0 Å². The second kappa shape index (κ2) is 3.87. The molecule has 74 valence electrons. The van der Waals surface area contributed by atoms with Crippen LogP contribution in [0.25, 0.3) is 0 Å². The van der Waals surface area contributed by atoms with E-state index in [-0.39, 0.29) is 0 Å². The van der Waals surface area contributed by atoms with Crippen molar-refractivity contribution in [3.8, 4) is 0 Å². The highest BCUT2D eigenvalue weighted by Crippen LogP contribution is 2.21. The molecule has 1 heterocycles. The standard InChI is InChI=1S/C9H14FNO2/c1-6(2)11-4-3-7(5-11)8(10)9(12)13/h6H,3-5H2,1-2H3,(H,12,13). The van der Waals surface area contributed by atoms with Gasteiger partial charge in [-0.25, -0.2) is 4.79 Å². The number of carboxylic acid groups (broad SMARTS) is 1. The first-order valence-corrected chi connectivity index (χ1v) is 4.37. The lowest BCUT2D eigenvalue weighted by molar-refractivity contribution is -0.134. The minimum absolute atomic E-state index is 0.346. The fraction of sp³-hybridized carbons (Fsp3) is 0.667. The molecule has 1 fully saturated rings. The molecule has 0 bridgehead atoms. The molecule has 0 saturated carbocycles. The predicted molar refractivity (Wildman–Crippen MR) is 47.1 cm³/mol. The SMILES string of the molecule is CC(C)N1CCC(=C(F)C(=O)O)C1. The van der Waals surface area contributed by atoms with Gasteiger partial charge in [-0.3, -0.25) is 4.90 Å². The average Bonchev–Trinajstić information content (AvgIpc) is 2.50. The highest BCUT2D eigenvalue weighted by molar-refractivity contribution is 5.85. The lowest BCUT2D eigenvalue weighted by Gasteiger charge is -2.18. The van der Waals surface area contributed by atoms with Gasteiger partial charge < -0.3 is 5.11 Å². The van der Waals surface area contributed by atoms with Crippen LogP contribution in [0.1, 0.15) is 20.3 Å². The number of nitrogens with zero attached hydrogens (tertiary/aromatic N) is 1. The molecule has 0 aliphatic carbocycles. The van der Waals surface area contributed by atoms with E-state index in [2.05, 4.69) is 4.90 Å². The quantitative estimate of drug-likeness (QED) is 0.664. The zero-order valence-corrected chi connectivity index (χ0v) is 7.88. The van der Waals surface area contributed by atoms with Gasteiger partial charge in [0.2, 0.25) is 5.83 Å². The number of aliphatic carboxylic acids is 1. The Bertz CT molecular complexity index is 248. The van der Waals surface area contributed by atoms with Crippen LogP contribution >= 0.6 is 0 Å². The maximum absolute atomic E-state index is 12.9. The average molecular weight is 187 g/mol. The van der Waals surface area contributed by atoms with Gasteiger partial charge in [0, 0.05) is 19.1 Å². The normalized spacial score (nSPS) is 22.5. The van der Waals surface area contributed by atoms with E-state index in [0.717, 1.165) is 6.54 Å². The molecule has 0 amide bonds. The number of hydrogen-bond acceptors (Lipinski definition) is 2. The molecule has 4 heteroatoms. The smallest absolute Gasteiger partial charge is 0.364 e. The first-order chi connectivity index (χ1) is 6.02. The van der Waals surface area contributed by atoms with Gasteiger partial charge in [-0.1, -0.05) is 0 Å². The number of hydrogen-bond donors (Lipinski definition) is 1. The summed E-state index contributed by atoms with van der Waals surface area (Å²) in [6.45, 7) is 5.24. The molecular weight excluding hydrogens is 173 g/mol. The molecule has 1 aliphatic rings. The molecular formula is C9H14FNO2. The summed E-state index contributed by atoms with van der Waals surface area (Å²) in [5.74, 6) is -2.41. The zero-order chi connectivity index (χ0) is 10.0. The molecule has 1 N–H and O–H groups in total. The van der Waals surface area contributed by atoms with E-state index in [0.29, 0.717) is 24.6 Å². The fourth-order valence-electron chi connectivity index (χ4n) is 1.45. The third-order valence-corrected chi connectivity index (χ3v) is 2.32. The van der Waals surface area contributed by atoms with Crippen LogP contribution in [0.2, 0.25) is 0 Å². The van der Waals surface area contributed by atoms with Gasteiger partial charge in [-0.15, -0.1) is 0 Å². The van der Waals surface area contributed by atoms with E-state index >= 15 is 0 Å². The van der Waals surface area contributed by atoms with Crippen molar-refractivity contribution in [1.29, 1.82) is 0 Å². The monoisotopic (exact) mass is 187 g/mol. The predicted octanol–water partition coefficient (Wildman–Crippen LogP) is 1.41. The summed E-state index contributed by atoms with van der Waals surface area (Å²) in [7, 11) is 0. The van der Waals surface area contributed by atoms with Crippen molar-refractivity contribution in [3.05, 3.63) is 11.4 Å². The Morgan fingerprint density at radius 1 is 1.62 bits per heavy atom. The summed E-state index contributed by atoms with van der Waals surface area (Å²) in [6.07, 6.45) is 0.538. The number of halogens is 1. The Balaban J connectivity index is 2.69. The van der Waals surface area contributed by atoms with E-state index in [1.807, 2.05) is 13.8 Å². The molecule has 1 rings (SSSR count). The summed E-state index contributed by atoms with van der Waals surface area (Å²) in [4.78, 5) is 12.4. The van der Waals surface area contributed by atoms with Gasteiger partial charge >= 0.3 is 5.97 Å².